The van der Waals surface area contributed by atoms with Crippen LogP contribution in [0.5, 0.6) is 5.75 Å². The Labute approximate surface area is 197 Å². The van der Waals surface area contributed by atoms with Crippen molar-refractivity contribution in [2.45, 2.75) is 77.5 Å². The minimum atomic E-state index is -0.738. The molecule has 1 fully saturated rings. The van der Waals surface area contributed by atoms with Crippen molar-refractivity contribution < 1.29 is 18.7 Å². The summed E-state index contributed by atoms with van der Waals surface area (Å²) in [5, 5.41) is 7.20. The molecule has 0 radical (unpaired) electrons. The lowest BCUT2D eigenvalue weighted by Crippen LogP contribution is -2.46. The maximum atomic E-state index is 15.3. The van der Waals surface area contributed by atoms with E-state index in [1.54, 1.807) is 16.5 Å². The summed E-state index contributed by atoms with van der Waals surface area (Å²) in [6.45, 7) is 5.01. The molecule has 2 amide bonds. The summed E-state index contributed by atoms with van der Waals surface area (Å²) in [6.07, 6.45) is 4.69. The fraction of sp³-hybridized carbons (Fsp3) is 0.583. The molecule has 0 aliphatic carbocycles. The van der Waals surface area contributed by atoms with E-state index in [0.29, 0.717) is 31.8 Å². The first-order valence-corrected chi connectivity index (χ1v) is 12.0. The number of hydrogen-bond acceptors (Lipinski definition) is 5. The zero-order chi connectivity index (χ0) is 24.4. The van der Waals surface area contributed by atoms with Gasteiger partial charge in [0.15, 0.2) is 0 Å². The van der Waals surface area contributed by atoms with Crippen molar-refractivity contribution >= 4 is 11.8 Å². The summed E-state index contributed by atoms with van der Waals surface area (Å²) >= 11 is 0. The largest absolute Gasteiger partial charge is 0.490 e. The van der Waals surface area contributed by atoms with Crippen LogP contribution in [0.15, 0.2) is 16.9 Å². The highest BCUT2D eigenvalue weighted by Crippen LogP contribution is 2.28. The van der Waals surface area contributed by atoms with Gasteiger partial charge in [-0.05, 0) is 38.7 Å². The number of fused-ring (bicyclic) bond motifs is 1. The van der Waals surface area contributed by atoms with Gasteiger partial charge in [0.1, 0.15) is 23.1 Å². The second-order valence-corrected chi connectivity index (χ2v) is 9.21. The molecular weight excluding hydrogens is 441 g/mol. The Bertz CT molecular complexity index is 1140. The molecule has 9 nitrogen and oxygen atoms in total. The van der Waals surface area contributed by atoms with E-state index in [1.807, 2.05) is 13.8 Å². The highest BCUT2D eigenvalue weighted by molar-refractivity contribution is 5.97. The standard InChI is InChI=1S/C24H32FN5O4/c1-4-7-15(2)34-20-14-19(30-24(33)29-10-6-5-8-21(29)27-30)18(25)13-17(20)23(32)26-16-9-11-28(3)22(31)12-16/h13-16H,4-12H2,1-3H3,(H,26,32)/t15-,16?/m0/s1. The SMILES string of the molecule is CCC[C@H](C)Oc1cc(-n2nc3n(c2=O)CCCC3)c(F)cc1C(=O)NC1CCN(C)C(=O)C1. The number of likely N-dealkylation sites (tertiary alicyclic amines) is 1. The van der Waals surface area contributed by atoms with Crippen LogP contribution in [-0.2, 0) is 17.8 Å². The molecule has 10 heteroatoms. The molecule has 1 aromatic carbocycles. The van der Waals surface area contributed by atoms with Gasteiger partial charge in [-0.2, -0.15) is 4.68 Å². The average molecular weight is 474 g/mol. The van der Waals surface area contributed by atoms with Gasteiger partial charge < -0.3 is 15.0 Å². The van der Waals surface area contributed by atoms with Crippen LogP contribution in [0.4, 0.5) is 4.39 Å². The van der Waals surface area contributed by atoms with Gasteiger partial charge in [0.2, 0.25) is 5.91 Å². The van der Waals surface area contributed by atoms with Crippen molar-refractivity contribution in [2.75, 3.05) is 13.6 Å². The topological polar surface area (TPSA) is 98.5 Å². The minimum Gasteiger partial charge on any atom is -0.490 e. The molecule has 0 spiro atoms. The molecular formula is C24H32FN5O4. The third-order valence-corrected chi connectivity index (χ3v) is 6.51. The first-order valence-electron chi connectivity index (χ1n) is 12.0. The number of benzene rings is 1. The predicted octanol–water partition coefficient (Wildman–Crippen LogP) is 2.43. The van der Waals surface area contributed by atoms with Gasteiger partial charge in [-0.3, -0.25) is 14.2 Å². The number of hydrogen-bond donors (Lipinski definition) is 1. The number of rotatable bonds is 7. The van der Waals surface area contributed by atoms with Crippen LogP contribution in [0.1, 0.15) is 68.6 Å². The first kappa shape index (κ1) is 24.0. The molecule has 184 valence electrons. The summed E-state index contributed by atoms with van der Waals surface area (Å²) in [4.78, 5) is 39.7. The van der Waals surface area contributed by atoms with Crippen LogP contribution >= 0.6 is 0 Å². The number of amides is 2. The fourth-order valence-electron chi connectivity index (χ4n) is 4.55. The van der Waals surface area contributed by atoms with Crippen LogP contribution in [0, 0.1) is 5.82 Å². The summed E-state index contributed by atoms with van der Waals surface area (Å²) in [5.41, 5.74) is -0.410. The van der Waals surface area contributed by atoms with E-state index < -0.39 is 17.4 Å². The average Bonchev–Trinajstić information content (AvgIpc) is 3.13. The molecule has 2 aliphatic rings. The van der Waals surface area contributed by atoms with Gasteiger partial charge >= 0.3 is 5.69 Å². The van der Waals surface area contributed by atoms with Gasteiger partial charge in [0, 0.05) is 45.1 Å². The van der Waals surface area contributed by atoms with Gasteiger partial charge in [0.25, 0.3) is 5.91 Å². The quantitative estimate of drug-likeness (QED) is 0.666. The number of aromatic nitrogens is 3. The van der Waals surface area contributed by atoms with E-state index in [4.69, 9.17) is 4.74 Å². The molecule has 1 saturated heterocycles. The monoisotopic (exact) mass is 473 g/mol. The Morgan fingerprint density at radius 3 is 2.79 bits per heavy atom. The molecule has 1 unspecified atom stereocenters. The second kappa shape index (κ2) is 9.99. The molecule has 4 rings (SSSR count). The lowest BCUT2D eigenvalue weighted by atomic mass is 10.0. The van der Waals surface area contributed by atoms with E-state index in [1.165, 1.54) is 6.07 Å². The number of carbonyl (C=O) groups is 2. The van der Waals surface area contributed by atoms with Crippen LogP contribution in [0.2, 0.25) is 0 Å². The van der Waals surface area contributed by atoms with Crippen LogP contribution in [0.3, 0.4) is 0 Å². The van der Waals surface area contributed by atoms with Gasteiger partial charge in [-0.15, -0.1) is 5.10 Å². The Morgan fingerprint density at radius 1 is 1.29 bits per heavy atom. The maximum absolute atomic E-state index is 15.3. The van der Waals surface area contributed by atoms with E-state index in [9.17, 15) is 14.4 Å². The van der Waals surface area contributed by atoms with Crippen molar-refractivity contribution in [3.8, 4) is 11.4 Å². The van der Waals surface area contributed by atoms with Gasteiger partial charge in [-0.25, -0.2) is 9.18 Å². The Hall–Kier alpha value is -3.17. The predicted molar refractivity (Wildman–Crippen MR) is 124 cm³/mol. The van der Waals surface area contributed by atoms with Crippen LogP contribution < -0.4 is 15.7 Å². The number of aryl methyl sites for hydroxylation is 1. The van der Waals surface area contributed by atoms with E-state index >= 15 is 4.39 Å². The Balaban J connectivity index is 1.68. The highest BCUT2D eigenvalue weighted by atomic mass is 19.1. The second-order valence-electron chi connectivity index (χ2n) is 9.21. The smallest absolute Gasteiger partial charge is 0.350 e. The van der Waals surface area contributed by atoms with Crippen molar-refractivity contribution in [2.24, 2.45) is 0 Å². The summed E-state index contributed by atoms with van der Waals surface area (Å²) in [5.74, 6) is -0.479. The van der Waals surface area contributed by atoms with Gasteiger partial charge in [-0.1, -0.05) is 13.3 Å². The molecule has 3 heterocycles. The van der Waals surface area contributed by atoms with E-state index in [2.05, 4.69) is 10.4 Å². The van der Waals surface area contributed by atoms with Crippen LogP contribution in [0.25, 0.3) is 5.69 Å². The van der Waals surface area contributed by atoms with Crippen molar-refractivity contribution in [1.29, 1.82) is 0 Å². The van der Waals surface area contributed by atoms with Crippen LogP contribution in [-0.4, -0.2) is 56.8 Å². The third-order valence-electron chi connectivity index (χ3n) is 6.51. The molecule has 2 aliphatic heterocycles. The first-order chi connectivity index (χ1) is 16.3. The molecule has 0 bridgehead atoms. The number of nitrogens with zero attached hydrogens (tertiary/aromatic N) is 4. The normalized spacial score (nSPS) is 19.0. The lowest BCUT2D eigenvalue weighted by molar-refractivity contribution is -0.132. The Kier molecular flexibility index (Phi) is 7.04. The summed E-state index contributed by atoms with van der Waals surface area (Å²) in [6, 6.07) is 2.15. The molecule has 1 aromatic heterocycles. The minimum absolute atomic E-state index is 0.0348. The molecule has 0 saturated carbocycles. The number of halogens is 1. The van der Waals surface area contributed by atoms with Gasteiger partial charge in [0.05, 0.1) is 11.7 Å². The van der Waals surface area contributed by atoms with E-state index in [0.717, 1.165) is 36.4 Å². The zero-order valence-electron chi connectivity index (χ0n) is 20.0. The molecule has 1 N–H and O–H groups in total. The summed E-state index contributed by atoms with van der Waals surface area (Å²) < 4.78 is 24.0. The molecule has 2 atom stereocenters. The number of ether oxygens (including phenoxy) is 1. The number of carbonyl (C=O) groups excluding carboxylic acids is 2. The molecule has 2 aromatic rings. The number of nitrogens with one attached hydrogen (secondary N) is 1. The number of piperidine rings is 1. The fourth-order valence-corrected chi connectivity index (χ4v) is 4.55. The lowest BCUT2D eigenvalue weighted by Gasteiger charge is -2.29. The Morgan fingerprint density at radius 2 is 2.09 bits per heavy atom. The van der Waals surface area contributed by atoms with E-state index in [-0.39, 0.29) is 41.5 Å². The molecule has 34 heavy (non-hydrogen) atoms. The summed E-state index contributed by atoms with van der Waals surface area (Å²) in [7, 11) is 1.73. The third kappa shape index (κ3) is 4.85. The highest BCUT2D eigenvalue weighted by Gasteiger charge is 2.28. The van der Waals surface area contributed by atoms with Crippen molar-refractivity contribution in [3.63, 3.8) is 0 Å². The van der Waals surface area contributed by atoms with Crippen molar-refractivity contribution in [3.05, 3.63) is 39.8 Å². The maximum Gasteiger partial charge on any atom is 0.350 e. The zero-order valence-corrected chi connectivity index (χ0v) is 20.0. The van der Waals surface area contributed by atoms with Crippen molar-refractivity contribution in [1.82, 2.24) is 24.6 Å².